The molecular weight excluding hydrogens is 230 g/mol. The highest BCUT2D eigenvalue weighted by molar-refractivity contribution is 7.98. The molecule has 4 N–H and O–H groups in total. The van der Waals surface area contributed by atoms with Crippen molar-refractivity contribution in [3.8, 4) is 0 Å². The van der Waals surface area contributed by atoms with Crippen LogP contribution in [0.25, 0.3) is 0 Å². The Hall–Kier alpha value is -1.63. The van der Waals surface area contributed by atoms with Crippen LogP contribution in [0.5, 0.6) is 0 Å². The Bertz CT molecular complexity index is 469. The first-order valence-electron chi connectivity index (χ1n) is 4.65. The zero-order chi connectivity index (χ0) is 11.9. The predicted molar refractivity (Wildman–Crippen MR) is 61.2 cm³/mol. The summed E-state index contributed by atoms with van der Waals surface area (Å²) in [7, 11) is 0. The number of thioether (sulfide) groups is 1. The summed E-state index contributed by atoms with van der Waals surface area (Å²) >= 11 is 1.35. The van der Waals surface area contributed by atoms with Gasteiger partial charge in [-0.25, -0.2) is 4.79 Å². The normalized spacial score (nSPS) is 18.6. The van der Waals surface area contributed by atoms with E-state index in [2.05, 4.69) is 15.6 Å². The maximum absolute atomic E-state index is 11.5. The van der Waals surface area contributed by atoms with E-state index in [9.17, 15) is 9.59 Å². The standard InChI is InChI=1S/C9H11N3O3S/c1-3-7(13)11-5-4(10-3)6(9(14)15)12-8(5)16-2/h3,10,12H,1-2H3,(H,11,13)(H,14,15)/t3-/m0/s1. The number of nitrogens with one attached hydrogen (secondary N) is 3. The van der Waals surface area contributed by atoms with E-state index in [0.717, 1.165) is 0 Å². The highest BCUT2D eigenvalue weighted by Crippen LogP contribution is 2.38. The third kappa shape index (κ3) is 1.53. The number of aromatic amines is 1. The lowest BCUT2D eigenvalue weighted by atomic mass is 10.2. The van der Waals surface area contributed by atoms with Crippen molar-refractivity contribution in [2.75, 3.05) is 16.9 Å². The van der Waals surface area contributed by atoms with Gasteiger partial charge in [0.15, 0.2) is 5.69 Å². The van der Waals surface area contributed by atoms with Crippen LogP contribution in [0.2, 0.25) is 0 Å². The molecular formula is C9H11N3O3S. The molecule has 0 spiro atoms. The van der Waals surface area contributed by atoms with E-state index in [4.69, 9.17) is 5.11 Å². The van der Waals surface area contributed by atoms with Crippen molar-refractivity contribution in [1.29, 1.82) is 0 Å². The molecule has 1 aromatic heterocycles. The first-order valence-corrected chi connectivity index (χ1v) is 5.87. The summed E-state index contributed by atoms with van der Waals surface area (Å²) in [5, 5.41) is 15.2. The molecule has 0 aliphatic carbocycles. The van der Waals surface area contributed by atoms with Crippen molar-refractivity contribution in [1.82, 2.24) is 4.98 Å². The zero-order valence-electron chi connectivity index (χ0n) is 8.75. The van der Waals surface area contributed by atoms with Crippen LogP contribution in [-0.4, -0.2) is 34.3 Å². The lowest BCUT2D eigenvalue weighted by Gasteiger charge is -2.22. The molecule has 86 valence electrons. The van der Waals surface area contributed by atoms with E-state index in [0.29, 0.717) is 16.4 Å². The molecule has 0 fully saturated rings. The fraction of sp³-hybridized carbons (Fsp3) is 0.333. The molecule has 1 aliphatic heterocycles. The summed E-state index contributed by atoms with van der Waals surface area (Å²) in [5.74, 6) is -1.22. The monoisotopic (exact) mass is 241 g/mol. The van der Waals surface area contributed by atoms with Crippen LogP contribution in [0, 0.1) is 0 Å². The van der Waals surface area contributed by atoms with Crippen LogP contribution in [0.15, 0.2) is 5.03 Å². The van der Waals surface area contributed by atoms with Gasteiger partial charge in [0.05, 0.1) is 16.4 Å². The molecule has 1 aromatic rings. The lowest BCUT2D eigenvalue weighted by molar-refractivity contribution is -0.116. The Labute approximate surface area is 95.8 Å². The molecule has 0 aromatic carbocycles. The largest absolute Gasteiger partial charge is 0.477 e. The van der Waals surface area contributed by atoms with Gasteiger partial charge in [-0.3, -0.25) is 4.79 Å². The second-order valence-corrected chi connectivity index (χ2v) is 4.26. The van der Waals surface area contributed by atoms with E-state index < -0.39 is 12.0 Å². The molecule has 1 aliphatic rings. The molecule has 0 radical (unpaired) electrons. The zero-order valence-corrected chi connectivity index (χ0v) is 9.57. The van der Waals surface area contributed by atoms with Gasteiger partial charge in [-0.1, -0.05) is 0 Å². The second-order valence-electron chi connectivity index (χ2n) is 3.44. The van der Waals surface area contributed by atoms with Crippen LogP contribution >= 0.6 is 11.8 Å². The number of carboxylic acids is 1. The number of anilines is 2. The van der Waals surface area contributed by atoms with Gasteiger partial charge in [0.25, 0.3) is 0 Å². The van der Waals surface area contributed by atoms with Crippen molar-refractivity contribution in [3.63, 3.8) is 0 Å². The molecule has 0 bridgehead atoms. The van der Waals surface area contributed by atoms with Crippen LogP contribution in [0.3, 0.4) is 0 Å². The van der Waals surface area contributed by atoms with Gasteiger partial charge >= 0.3 is 5.97 Å². The Kier molecular flexibility index (Phi) is 2.55. The quantitative estimate of drug-likeness (QED) is 0.583. The third-order valence-electron chi connectivity index (χ3n) is 2.39. The van der Waals surface area contributed by atoms with Crippen molar-refractivity contribution < 1.29 is 14.7 Å². The number of aromatic nitrogens is 1. The predicted octanol–water partition coefficient (Wildman–Crippen LogP) is 1.19. The summed E-state index contributed by atoms with van der Waals surface area (Å²) < 4.78 is 0. The maximum atomic E-state index is 11.5. The topological polar surface area (TPSA) is 94.2 Å². The molecule has 0 unspecified atom stereocenters. The first-order chi connectivity index (χ1) is 7.54. The van der Waals surface area contributed by atoms with Crippen molar-refractivity contribution >= 4 is 35.0 Å². The minimum atomic E-state index is -1.05. The van der Waals surface area contributed by atoms with Gasteiger partial charge in [-0.15, -0.1) is 11.8 Å². The van der Waals surface area contributed by atoms with E-state index in [1.165, 1.54) is 11.8 Å². The minimum absolute atomic E-state index is 0.0752. The number of H-pyrrole nitrogens is 1. The highest BCUT2D eigenvalue weighted by atomic mass is 32.2. The van der Waals surface area contributed by atoms with Crippen LogP contribution in [0.1, 0.15) is 17.4 Å². The summed E-state index contributed by atoms with van der Waals surface area (Å²) in [6.07, 6.45) is 1.81. The summed E-state index contributed by atoms with van der Waals surface area (Å²) in [6, 6.07) is -0.434. The first kappa shape index (κ1) is 10.9. The summed E-state index contributed by atoms with van der Waals surface area (Å²) in [4.78, 5) is 25.2. The smallest absolute Gasteiger partial charge is 0.354 e. The van der Waals surface area contributed by atoms with Gasteiger partial charge in [-0.2, -0.15) is 0 Å². The highest BCUT2D eigenvalue weighted by Gasteiger charge is 2.30. The average Bonchev–Trinajstić information content (AvgIpc) is 2.57. The number of carbonyl (C=O) groups is 2. The number of amides is 1. The van der Waals surface area contributed by atoms with Crippen LogP contribution in [-0.2, 0) is 4.79 Å². The van der Waals surface area contributed by atoms with Crippen molar-refractivity contribution in [2.45, 2.75) is 18.0 Å². The third-order valence-corrected chi connectivity index (χ3v) is 3.10. The number of hydrogen-bond donors (Lipinski definition) is 4. The van der Waals surface area contributed by atoms with E-state index in [1.807, 2.05) is 6.26 Å². The number of fused-ring (bicyclic) bond motifs is 1. The number of hydrogen-bond acceptors (Lipinski definition) is 4. The summed E-state index contributed by atoms with van der Waals surface area (Å²) in [6.45, 7) is 1.68. The van der Waals surface area contributed by atoms with Crippen molar-refractivity contribution in [2.24, 2.45) is 0 Å². The van der Waals surface area contributed by atoms with E-state index >= 15 is 0 Å². The van der Waals surface area contributed by atoms with E-state index in [-0.39, 0.29) is 11.6 Å². The number of rotatable bonds is 2. The maximum Gasteiger partial charge on any atom is 0.354 e. The molecule has 6 nitrogen and oxygen atoms in total. The Morgan fingerprint density at radius 3 is 2.69 bits per heavy atom. The van der Waals surface area contributed by atoms with Gasteiger partial charge in [-0.05, 0) is 13.2 Å². The Morgan fingerprint density at radius 2 is 2.12 bits per heavy atom. The van der Waals surface area contributed by atoms with Crippen LogP contribution < -0.4 is 10.6 Å². The number of aromatic carboxylic acids is 1. The molecule has 7 heteroatoms. The van der Waals surface area contributed by atoms with Gasteiger partial charge < -0.3 is 20.7 Å². The second kappa shape index (κ2) is 3.75. The average molecular weight is 241 g/mol. The number of carbonyl (C=O) groups excluding carboxylic acids is 1. The fourth-order valence-corrected chi connectivity index (χ4v) is 2.13. The lowest BCUT2D eigenvalue weighted by Crippen LogP contribution is -2.36. The Morgan fingerprint density at radius 1 is 1.44 bits per heavy atom. The molecule has 2 heterocycles. The molecule has 1 atom stereocenters. The summed E-state index contributed by atoms with van der Waals surface area (Å²) in [5.41, 5.74) is 1.04. The SMILES string of the molecule is CSc1[nH]c(C(=O)O)c2c1NC(=O)[C@H](C)N2. The van der Waals surface area contributed by atoms with Gasteiger partial charge in [0.2, 0.25) is 5.91 Å². The fourth-order valence-electron chi connectivity index (χ4n) is 1.57. The van der Waals surface area contributed by atoms with Crippen LogP contribution in [0.4, 0.5) is 11.4 Å². The van der Waals surface area contributed by atoms with Gasteiger partial charge in [0, 0.05) is 0 Å². The van der Waals surface area contributed by atoms with Crippen molar-refractivity contribution in [3.05, 3.63) is 5.69 Å². The van der Waals surface area contributed by atoms with Gasteiger partial charge in [0.1, 0.15) is 6.04 Å². The molecule has 0 saturated carbocycles. The minimum Gasteiger partial charge on any atom is -0.477 e. The molecule has 1 amide bonds. The molecule has 0 saturated heterocycles. The Balaban J connectivity index is 2.55. The van der Waals surface area contributed by atoms with E-state index in [1.54, 1.807) is 6.92 Å². The molecule has 16 heavy (non-hydrogen) atoms. The molecule has 2 rings (SSSR count). The number of carboxylic acid groups (broad SMARTS) is 1.